The average Bonchev–Trinajstić information content (AvgIpc) is 2.38. The van der Waals surface area contributed by atoms with Gasteiger partial charge in [-0.1, -0.05) is 12.1 Å². The fourth-order valence-corrected chi connectivity index (χ4v) is 1.43. The van der Waals surface area contributed by atoms with Gasteiger partial charge in [0.15, 0.2) is 0 Å². The number of nitro groups is 1. The summed E-state index contributed by atoms with van der Waals surface area (Å²) in [4.78, 5) is 18.1. The summed E-state index contributed by atoms with van der Waals surface area (Å²) >= 11 is 0. The molecule has 1 aromatic heterocycles. The van der Waals surface area contributed by atoms with Crippen molar-refractivity contribution in [2.24, 2.45) is 0 Å². The molecule has 1 heterocycles. The van der Waals surface area contributed by atoms with E-state index in [4.69, 9.17) is 10.5 Å². The fourth-order valence-electron chi connectivity index (χ4n) is 1.43. The van der Waals surface area contributed by atoms with E-state index < -0.39 is 4.92 Å². The van der Waals surface area contributed by atoms with Crippen LogP contribution in [0.3, 0.4) is 0 Å². The summed E-state index contributed by atoms with van der Waals surface area (Å²) in [6.07, 6.45) is 0. The number of nitrogens with two attached hydrogens (primary N) is 1. The van der Waals surface area contributed by atoms with Gasteiger partial charge in [0.25, 0.3) is 0 Å². The molecule has 1 aromatic carbocycles. The van der Waals surface area contributed by atoms with Gasteiger partial charge in [0.2, 0.25) is 17.6 Å². The van der Waals surface area contributed by atoms with Crippen molar-refractivity contribution in [2.45, 2.75) is 0 Å². The van der Waals surface area contributed by atoms with Crippen molar-refractivity contribution in [1.82, 2.24) is 9.97 Å². The zero-order valence-electron chi connectivity index (χ0n) is 10.0. The standard InChI is InChI=1S/C11H11N5O3/c1-13-9-6-10(15-11(12)14-9)19-8-5-3-2-4-7(8)16(17)18/h2-6H,1H3,(H3,12,13,14,15). The van der Waals surface area contributed by atoms with Gasteiger partial charge in [0.05, 0.1) is 4.92 Å². The van der Waals surface area contributed by atoms with Gasteiger partial charge in [-0.25, -0.2) is 0 Å². The molecule has 8 nitrogen and oxygen atoms in total. The van der Waals surface area contributed by atoms with Gasteiger partial charge in [-0.2, -0.15) is 9.97 Å². The molecule has 0 saturated carbocycles. The third kappa shape index (κ3) is 2.86. The Bertz CT molecular complexity index is 617. The van der Waals surface area contributed by atoms with Crippen molar-refractivity contribution in [3.05, 3.63) is 40.4 Å². The maximum Gasteiger partial charge on any atom is 0.311 e. The van der Waals surface area contributed by atoms with Crippen LogP contribution < -0.4 is 15.8 Å². The number of benzene rings is 1. The first-order valence-electron chi connectivity index (χ1n) is 5.33. The summed E-state index contributed by atoms with van der Waals surface area (Å²) in [5.41, 5.74) is 5.36. The molecule has 0 aliphatic rings. The van der Waals surface area contributed by atoms with Crippen LogP contribution in [0.4, 0.5) is 17.5 Å². The van der Waals surface area contributed by atoms with Gasteiger partial charge < -0.3 is 15.8 Å². The lowest BCUT2D eigenvalue weighted by Crippen LogP contribution is -2.02. The highest BCUT2D eigenvalue weighted by Crippen LogP contribution is 2.30. The maximum atomic E-state index is 10.9. The number of para-hydroxylation sites is 2. The van der Waals surface area contributed by atoms with Crippen LogP contribution in [0.1, 0.15) is 0 Å². The molecular weight excluding hydrogens is 250 g/mol. The largest absolute Gasteiger partial charge is 0.432 e. The van der Waals surface area contributed by atoms with Gasteiger partial charge in [-0.15, -0.1) is 0 Å². The van der Waals surface area contributed by atoms with E-state index in [-0.39, 0.29) is 23.3 Å². The molecule has 2 aromatic rings. The molecule has 0 spiro atoms. The summed E-state index contributed by atoms with van der Waals surface area (Å²) in [6, 6.07) is 7.51. The Morgan fingerprint density at radius 2 is 2.11 bits per heavy atom. The normalized spacial score (nSPS) is 9.95. The van der Waals surface area contributed by atoms with E-state index in [1.165, 1.54) is 18.2 Å². The first-order valence-corrected chi connectivity index (χ1v) is 5.33. The van der Waals surface area contributed by atoms with Gasteiger partial charge in [-0.05, 0) is 6.07 Å². The van der Waals surface area contributed by atoms with E-state index >= 15 is 0 Å². The second-order valence-electron chi connectivity index (χ2n) is 3.53. The molecule has 0 saturated heterocycles. The van der Waals surface area contributed by atoms with Crippen LogP contribution in [0.2, 0.25) is 0 Å². The lowest BCUT2D eigenvalue weighted by atomic mass is 10.3. The Morgan fingerprint density at radius 3 is 2.79 bits per heavy atom. The first-order chi connectivity index (χ1) is 9.10. The van der Waals surface area contributed by atoms with Gasteiger partial charge in [-0.3, -0.25) is 10.1 Å². The fraction of sp³-hybridized carbons (Fsp3) is 0.0909. The smallest absolute Gasteiger partial charge is 0.311 e. The predicted octanol–water partition coefficient (Wildman–Crippen LogP) is 1.80. The zero-order valence-corrected chi connectivity index (χ0v) is 10.0. The Morgan fingerprint density at radius 1 is 1.37 bits per heavy atom. The number of aromatic nitrogens is 2. The number of rotatable bonds is 4. The minimum absolute atomic E-state index is 0.0143. The molecule has 19 heavy (non-hydrogen) atoms. The summed E-state index contributed by atoms with van der Waals surface area (Å²) in [7, 11) is 1.66. The molecule has 98 valence electrons. The Balaban J connectivity index is 2.36. The molecule has 2 rings (SSSR count). The molecule has 0 amide bonds. The van der Waals surface area contributed by atoms with E-state index in [1.807, 2.05) is 0 Å². The number of nitrogen functional groups attached to an aromatic ring is 1. The summed E-state index contributed by atoms with van der Waals surface area (Å²) in [5.74, 6) is 0.695. The van der Waals surface area contributed by atoms with Gasteiger partial charge in [0, 0.05) is 19.2 Å². The van der Waals surface area contributed by atoms with E-state index in [0.717, 1.165) is 0 Å². The van der Waals surface area contributed by atoms with Crippen molar-refractivity contribution >= 4 is 17.5 Å². The molecule has 0 atom stereocenters. The van der Waals surface area contributed by atoms with E-state index in [9.17, 15) is 10.1 Å². The average molecular weight is 261 g/mol. The first kappa shape index (κ1) is 12.6. The maximum absolute atomic E-state index is 10.9. The molecular formula is C11H11N5O3. The monoisotopic (exact) mass is 261 g/mol. The van der Waals surface area contributed by atoms with Crippen molar-refractivity contribution in [3.8, 4) is 11.6 Å². The van der Waals surface area contributed by atoms with Crippen LogP contribution in [-0.4, -0.2) is 21.9 Å². The van der Waals surface area contributed by atoms with E-state index in [2.05, 4.69) is 15.3 Å². The third-order valence-corrected chi connectivity index (χ3v) is 2.25. The van der Waals surface area contributed by atoms with Gasteiger partial charge >= 0.3 is 5.69 Å². The molecule has 3 N–H and O–H groups in total. The highest BCUT2D eigenvalue weighted by Gasteiger charge is 2.15. The summed E-state index contributed by atoms with van der Waals surface area (Å²) in [5, 5.41) is 13.6. The number of anilines is 2. The Labute approximate surface area is 108 Å². The SMILES string of the molecule is CNc1cc(Oc2ccccc2[N+](=O)[O-])nc(N)n1. The summed E-state index contributed by atoms with van der Waals surface area (Å²) < 4.78 is 5.38. The lowest BCUT2D eigenvalue weighted by Gasteiger charge is -2.07. The Hall–Kier alpha value is -2.90. The third-order valence-electron chi connectivity index (χ3n) is 2.25. The second kappa shape index (κ2) is 5.17. The minimum Gasteiger partial charge on any atom is -0.432 e. The number of hydrogen-bond donors (Lipinski definition) is 2. The quantitative estimate of drug-likeness (QED) is 0.636. The second-order valence-corrected chi connectivity index (χ2v) is 3.53. The van der Waals surface area contributed by atoms with Crippen LogP contribution in [0, 0.1) is 10.1 Å². The van der Waals surface area contributed by atoms with E-state index in [1.54, 1.807) is 19.2 Å². The molecule has 0 bridgehead atoms. The molecule has 0 aliphatic carbocycles. The highest BCUT2D eigenvalue weighted by atomic mass is 16.6. The van der Waals surface area contributed by atoms with Gasteiger partial charge in [0.1, 0.15) is 5.82 Å². The molecule has 8 heteroatoms. The predicted molar refractivity (Wildman–Crippen MR) is 69.2 cm³/mol. The van der Waals surface area contributed by atoms with Crippen LogP contribution in [0.5, 0.6) is 11.6 Å². The molecule has 0 aliphatic heterocycles. The van der Waals surface area contributed by atoms with Crippen molar-refractivity contribution < 1.29 is 9.66 Å². The molecule has 0 radical (unpaired) electrons. The molecule has 0 fully saturated rings. The number of nitrogens with zero attached hydrogens (tertiary/aromatic N) is 3. The lowest BCUT2D eigenvalue weighted by molar-refractivity contribution is -0.385. The van der Waals surface area contributed by atoms with Crippen LogP contribution in [-0.2, 0) is 0 Å². The number of ether oxygens (including phenoxy) is 1. The minimum atomic E-state index is -0.529. The Kier molecular flexibility index (Phi) is 3.42. The van der Waals surface area contributed by atoms with Crippen LogP contribution in [0.15, 0.2) is 30.3 Å². The molecule has 0 unspecified atom stereocenters. The van der Waals surface area contributed by atoms with Crippen molar-refractivity contribution in [1.29, 1.82) is 0 Å². The summed E-state index contributed by atoms with van der Waals surface area (Å²) in [6.45, 7) is 0. The number of nitrogens with one attached hydrogen (secondary N) is 1. The topological polar surface area (TPSA) is 116 Å². The zero-order chi connectivity index (χ0) is 13.8. The highest BCUT2D eigenvalue weighted by molar-refractivity contribution is 5.49. The number of hydrogen-bond acceptors (Lipinski definition) is 7. The van der Waals surface area contributed by atoms with Crippen molar-refractivity contribution in [2.75, 3.05) is 18.1 Å². The van der Waals surface area contributed by atoms with Crippen molar-refractivity contribution in [3.63, 3.8) is 0 Å². The van der Waals surface area contributed by atoms with E-state index in [0.29, 0.717) is 5.82 Å². The van der Waals surface area contributed by atoms with Crippen LogP contribution in [0.25, 0.3) is 0 Å². The van der Waals surface area contributed by atoms with Crippen LogP contribution >= 0.6 is 0 Å². The number of nitro benzene ring substituents is 1.